The Kier molecular flexibility index (Phi) is 3.82. The molecule has 1 atom stereocenters. The second-order valence-electron chi connectivity index (χ2n) is 5.39. The maximum absolute atomic E-state index is 9.49. The lowest BCUT2D eigenvalue weighted by atomic mass is 9.95. The third kappa shape index (κ3) is 2.86. The molecule has 2 N–H and O–H groups in total. The Morgan fingerprint density at radius 2 is 2.06 bits per heavy atom. The average molecular weight is 234 g/mol. The van der Waals surface area contributed by atoms with E-state index in [1.165, 1.54) is 5.56 Å². The number of rotatable bonds is 3. The van der Waals surface area contributed by atoms with Crippen LogP contribution in [0.1, 0.15) is 19.4 Å². The van der Waals surface area contributed by atoms with Crippen LogP contribution in [-0.4, -0.2) is 41.3 Å². The van der Waals surface area contributed by atoms with Crippen molar-refractivity contribution < 1.29 is 5.11 Å². The van der Waals surface area contributed by atoms with Gasteiger partial charge in [0.15, 0.2) is 0 Å². The number of hydrogen-bond acceptors (Lipinski definition) is 3. The summed E-state index contributed by atoms with van der Waals surface area (Å²) in [5.74, 6) is 0. The molecule has 1 aromatic rings. The normalized spacial score (nSPS) is 24.8. The molecule has 0 spiro atoms. The number of benzene rings is 1. The van der Waals surface area contributed by atoms with Crippen molar-refractivity contribution in [3.63, 3.8) is 0 Å². The van der Waals surface area contributed by atoms with Gasteiger partial charge in [-0.25, -0.2) is 0 Å². The molecule has 1 aromatic carbocycles. The molecule has 1 saturated heterocycles. The molecule has 17 heavy (non-hydrogen) atoms. The van der Waals surface area contributed by atoms with Crippen LogP contribution in [0.3, 0.4) is 0 Å². The molecule has 0 saturated carbocycles. The summed E-state index contributed by atoms with van der Waals surface area (Å²) < 4.78 is 0. The zero-order valence-electron chi connectivity index (χ0n) is 10.7. The zero-order chi connectivity index (χ0) is 12.3. The first-order valence-corrected chi connectivity index (χ1v) is 6.26. The quantitative estimate of drug-likeness (QED) is 0.826. The first-order chi connectivity index (χ1) is 8.13. The summed E-state index contributed by atoms with van der Waals surface area (Å²) >= 11 is 0. The van der Waals surface area contributed by atoms with Crippen molar-refractivity contribution in [2.45, 2.75) is 32.0 Å². The molecule has 1 aliphatic heterocycles. The molecule has 0 bridgehead atoms. The summed E-state index contributed by atoms with van der Waals surface area (Å²) in [6.07, 6.45) is 0. The maximum atomic E-state index is 9.49. The van der Waals surface area contributed by atoms with Crippen LogP contribution in [-0.2, 0) is 6.54 Å². The Balaban J connectivity index is 2.15. The Hall–Kier alpha value is -0.900. The molecule has 1 aliphatic rings. The Labute approximate surface area is 103 Å². The number of piperazine rings is 1. The van der Waals surface area contributed by atoms with E-state index in [0.717, 1.165) is 19.6 Å². The van der Waals surface area contributed by atoms with Gasteiger partial charge in [0, 0.05) is 31.2 Å². The summed E-state index contributed by atoms with van der Waals surface area (Å²) in [7, 11) is 0. The lowest BCUT2D eigenvalue weighted by molar-refractivity contribution is 0.00271. The molecule has 94 valence electrons. The topological polar surface area (TPSA) is 35.5 Å². The fourth-order valence-corrected chi connectivity index (χ4v) is 2.54. The Morgan fingerprint density at radius 3 is 2.71 bits per heavy atom. The van der Waals surface area contributed by atoms with Gasteiger partial charge in [-0.05, 0) is 19.4 Å². The Bertz CT molecular complexity index is 350. The summed E-state index contributed by atoms with van der Waals surface area (Å²) in [6.45, 7) is 7.41. The van der Waals surface area contributed by atoms with Crippen LogP contribution in [0.15, 0.2) is 30.3 Å². The number of nitrogens with zero attached hydrogens (tertiary/aromatic N) is 1. The van der Waals surface area contributed by atoms with Crippen molar-refractivity contribution in [1.29, 1.82) is 0 Å². The van der Waals surface area contributed by atoms with Crippen LogP contribution in [0.2, 0.25) is 0 Å². The summed E-state index contributed by atoms with van der Waals surface area (Å²) in [6, 6.07) is 10.7. The predicted molar refractivity (Wildman–Crippen MR) is 69.8 cm³/mol. The average Bonchev–Trinajstić information content (AvgIpc) is 2.33. The van der Waals surface area contributed by atoms with Crippen molar-refractivity contribution in [3.8, 4) is 0 Å². The minimum absolute atomic E-state index is 0.0848. The first kappa shape index (κ1) is 12.6. The molecule has 3 heteroatoms. The van der Waals surface area contributed by atoms with Gasteiger partial charge in [0.25, 0.3) is 0 Å². The number of aliphatic hydroxyl groups excluding tert-OH is 1. The molecular weight excluding hydrogens is 212 g/mol. The number of nitrogens with one attached hydrogen (secondary N) is 1. The molecule has 0 aromatic heterocycles. The van der Waals surface area contributed by atoms with E-state index in [2.05, 4.69) is 48.3 Å². The number of hydrogen-bond donors (Lipinski definition) is 2. The van der Waals surface area contributed by atoms with E-state index in [-0.39, 0.29) is 18.2 Å². The van der Waals surface area contributed by atoms with Crippen molar-refractivity contribution >= 4 is 0 Å². The van der Waals surface area contributed by atoms with Gasteiger partial charge in [-0.15, -0.1) is 0 Å². The minimum Gasteiger partial charge on any atom is -0.395 e. The smallest absolute Gasteiger partial charge is 0.0599 e. The highest BCUT2D eigenvalue weighted by Crippen LogP contribution is 2.23. The highest BCUT2D eigenvalue weighted by atomic mass is 16.3. The van der Waals surface area contributed by atoms with Crippen LogP contribution >= 0.6 is 0 Å². The zero-order valence-corrected chi connectivity index (χ0v) is 10.7. The SMILES string of the molecule is CC1(C)CNCC(CO)N1Cc1ccccc1. The van der Waals surface area contributed by atoms with Crippen LogP contribution < -0.4 is 5.32 Å². The van der Waals surface area contributed by atoms with Gasteiger partial charge in [-0.1, -0.05) is 30.3 Å². The largest absolute Gasteiger partial charge is 0.395 e. The molecule has 2 rings (SSSR count). The van der Waals surface area contributed by atoms with Gasteiger partial charge in [0.05, 0.1) is 6.61 Å². The highest BCUT2D eigenvalue weighted by Gasteiger charge is 2.35. The van der Waals surface area contributed by atoms with E-state index in [9.17, 15) is 5.11 Å². The summed E-state index contributed by atoms with van der Waals surface area (Å²) in [5.41, 5.74) is 1.39. The van der Waals surface area contributed by atoms with E-state index in [1.54, 1.807) is 0 Å². The number of aliphatic hydroxyl groups is 1. The van der Waals surface area contributed by atoms with Crippen molar-refractivity contribution in [2.75, 3.05) is 19.7 Å². The van der Waals surface area contributed by atoms with Gasteiger partial charge in [0.1, 0.15) is 0 Å². The molecular formula is C14H22N2O. The fraction of sp³-hybridized carbons (Fsp3) is 0.571. The van der Waals surface area contributed by atoms with Crippen molar-refractivity contribution in [3.05, 3.63) is 35.9 Å². The maximum Gasteiger partial charge on any atom is 0.0599 e. The Morgan fingerprint density at radius 1 is 1.35 bits per heavy atom. The first-order valence-electron chi connectivity index (χ1n) is 6.26. The van der Waals surface area contributed by atoms with Gasteiger partial charge in [-0.3, -0.25) is 4.90 Å². The van der Waals surface area contributed by atoms with Crippen LogP contribution in [0, 0.1) is 0 Å². The fourth-order valence-electron chi connectivity index (χ4n) is 2.54. The molecule has 3 nitrogen and oxygen atoms in total. The standard InChI is InChI=1S/C14H22N2O/c1-14(2)11-15-8-13(10-17)16(14)9-12-6-4-3-5-7-12/h3-7,13,15,17H,8-11H2,1-2H3. The van der Waals surface area contributed by atoms with E-state index >= 15 is 0 Å². The predicted octanol–water partition coefficient (Wildman–Crippen LogP) is 1.23. The molecule has 1 heterocycles. The second-order valence-corrected chi connectivity index (χ2v) is 5.39. The highest BCUT2D eigenvalue weighted by molar-refractivity contribution is 5.15. The van der Waals surface area contributed by atoms with Gasteiger partial charge in [-0.2, -0.15) is 0 Å². The lowest BCUT2D eigenvalue weighted by Gasteiger charge is -2.47. The van der Waals surface area contributed by atoms with Crippen molar-refractivity contribution in [2.24, 2.45) is 0 Å². The molecule has 1 fully saturated rings. The monoisotopic (exact) mass is 234 g/mol. The van der Waals surface area contributed by atoms with Gasteiger partial charge >= 0.3 is 0 Å². The lowest BCUT2D eigenvalue weighted by Crippen LogP contribution is -2.63. The van der Waals surface area contributed by atoms with Crippen molar-refractivity contribution in [1.82, 2.24) is 10.2 Å². The van der Waals surface area contributed by atoms with Crippen LogP contribution in [0.25, 0.3) is 0 Å². The van der Waals surface area contributed by atoms with Crippen LogP contribution in [0.4, 0.5) is 0 Å². The molecule has 0 amide bonds. The summed E-state index contributed by atoms with van der Waals surface area (Å²) in [5, 5.41) is 12.9. The van der Waals surface area contributed by atoms with Gasteiger partial charge < -0.3 is 10.4 Å². The molecule has 1 unspecified atom stereocenters. The van der Waals surface area contributed by atoms with Crippen LogP contribution in [0.5, 0.6) is 0 Å². The summed E-state index contributed by atoms with van der Waals surface area (Å²) in [4.78, 5) is 2.40. The third-order valence-corrected chi connectivity index (χ3v) is 3.56. The van der Waals surface area contributed by atoms with E-state index in [0.29, 0.717) is 0 Å². The minimum atomic E-state index is 0.0848. The third-order valence-electron chi connectivity index (χ3n) is 3.56. The molecule has 0 radical (unpaired) electrons. The van der Waals surface area contributed by atoms with Gasteiger partial charge in [0.2, 0.25) is 0 Å². The van der Waals surface area contributed by atoms with E-state index in [1.807, 2.05) is 6.07 Å². The van der Waals surface area contributed by atoms with E-state index in [4.69, 9.17) is 0 Å². The second kappa shape index (κ2) is 5.17. The molecule has 0 aliphatic carbocycles. The van der Waals surface area contributed by atoms with E-state index < -0.39 is 0 Å².